The highest BCUT2D eigenvalue weighted by atomic mass is 16.4. The highest BCUT2D eigenvalue weighted by Crippen LogP contribution is 2.00. The summed E-state index contributed by atoms with van der Waals surface area (Å²) >= 11 is 0. The monoisotopic (exact) mass is 332 g/mol. The van der Waals surface area contributed by atoms with Gasteiger partial charge in [0.1, 0.15) is 12.6 Å². The van der Waals surface area contributed by atoms with Crippen molar-refractivity contribution < 1.29 is 29.4 Å². The number of hydrogen-bond donors (Lipinski definition) is 6. The summed E-state index contributed by atoms with van der Waals surface area (Å²) in [6.45, 7) is 3.70. The Bertz CT molecular complexity index is 452. The van der Waals surface area contributed by atoms with Gasteiger partial charge in [0, 0.05) is 0 Å². The van der Waals surface area contributed by atoms with Crippen molar-refractivity contribution in [2.24, 2.45) is 11.7 Å². The first-order chi connectivity index (χ1) is 10.6. The van der Waals surface area contributed by atoms with E-state index in [0.717, 1.165) is 0 Å². The van der Waals surface area contributed by atoms with Crippen molar-refractivity contribution in [2.75, 3.05) is 13.1 Å². The summed E-state index contributed by atoms with van der Waals surface area (Å²) in [5.74, 6) is -3.47. The van der Waals surface area contributed by atoms with Crippen LogP contribution < -0.4 is 21.7 Å². The number of carbonyl (C=O) groups is 4. The summed E-state index contributed by atoms with van der Waals surface area (Å²) in [5, 5.41) is 24.6. The van der Waals surface area contributed by atoms with Gasteiger partial charge in [-0.25, -0.2) is 0 Å². The molecule has 0 saturated heterocycles. The average molecular weight is 332 g/mol. The zero-order valence-electron chi connectivity index (χ0n) is 13.3. The molecule has 0 bridgehead atoms. The van der Waals surface area contributed by atoms with Gasteiger partial charge in [-0.1, -0.05) is 13.8 Å². The van der Waals surface area contributed by atoms with Crippen LogP contribution in [0.5, 0.6) is 0 Å². The van der Waals surface area contributed by atoms with Crippen molar-refractivity contribution in [3.63, 3.8) is 0 Å². The summed E-state index contributed by atoms with van der Waals surface area (Å²) in [5.41, 5.74) is 5.65. The molecule has 0 aliphatic rings. The minimum Gasteiger partial charge on any atom is -0.480 e. The van der Waals surface area contributed by atoms with Crippen LogP contribution in [0.2, 0.25) is 0 Å². The summed E-state index contributed by atoms with van der Waals surface area (Å²) < 4.78 is 0. The SMILES string of the molecule is CC(C)C(N)C(=O)NC(C(=O)NCC(=O)NCC(=O)O)C(C)O. The van der Waals surface area contributed by atoms with E-state index in [4.69, 9.17) is 10.8 Å². The molecule has 132 valence electrons. The highest BCUT2D eigenvalue weighted by Gasteiger charge is 2.28. The molecule has 0 rings (SSSR count). The van der Waals surface area contributed by atoms with Gasteiger partial charge >= 0.3 is 5.97 Å². The number of amides is 3. The van der Waals surface area contributed by atoms with E-state index in [1.54, 1.807) is 13.8 Å². The van der Waals surface area contributed by atoms with Crippen LogP contribution in [-0.4, -0.2) is 65.2 Å². The third kappa shape index (κ3) is 8.12. The first kappa shape index (κ1) is 20.8. The number of nitrogens with one attached hydrogen (secondary N) is 3. The van der Waals surface area contributed by atoms with Gasteiger partial charge in [0.05, 0.1) is 18.7 Å². The molecule has 0 aromatic heterocycles. The van der Waals surface area contributed by atoms with E-state index in [-0.39, 0.29) is 5.92 Å². The summed E-state index contributed by atoms with van der Waals surface area (Å²) in [4.78, 5) is 45.4. The lowest BCUT2D eigenvalue weighted by molar-refractivity contribution is -0.138. The Hall–Kier alpha value is -2.20. The number of aliphatic hydroxyl groups is 1. The Morgan fingerprint density at radius 2 is 1.57 bits per heavy atom. The van der Waals surface area contributed by atoms with E-state index in [2.05, 4.69) is 16.0 Å². The Labute approximate surface area is 133 Å². The maximum Gasteiger partial charge on any atom is 0.322 e. The van der Waals surface area contributed by atoms with Crippen LogP contribution in [0.3, 0.4) is 0 Å². The highest BCUT2D eigenvalue weighted by molar-refractivity contribution is 5.92. The molecule has 0 aromatic carbocycles. The van der Waals surface area contributed by atoms with Gasteiger partial charge in [-0.15, -0.1) is 0 Å². The number of aliphatic carboxylic acids is 1. The molecule has 10 heteroatoms. The molecule has 0 radical (unpaired) electrons. The first-order valence-corrected chi connectivity index (χ1v) is 7.06. The normalized spacial score (nSPS) is 14.5. The fraction of sp³-hybridized carbons (Fsp3) is 0.692. The lowest BCUT2D eigenvalue weighted by atomic mass is 10.0. The second-order valence-electron chi connectivity index (χ2n) is 5.38. The fourth-order valence-electron chi connectivity index (χ4n) is 1.47. The van der Waals surface area contributed by atoms with Gasteiger partial charge in [-0.05, 0) is 12.8 Å². The van der Waals surface area contributed by atoms with E-state index >= 15 is 0 Å². The maximum atomic E-state index is 11.9. The predicted octanol–water partition coefficient (Wildman–Crippen LogP) is -2.85. The molecule has 0 aromatic rings. The van der Waals surface area contributed by atoms with Crippen LogP contribution in [0.15, 0.2) is 0 Å². The second kappa shape index (κ2) is 9.74. The van der Waals surface area contributed by atoms with Crippen LogP contribution >= 0.6 is 0 Å². The predicted molar refractivity (Wildman–Crippen MR) is 80.1 cm³/mol. The molecular weight excluding hydrogens is 308 g/mol. The van der Waals surface area contributed by atoms with Crippen molar-refractivity contribution >= 4 is 23.7 Å². The number of carboxylic acids is 1. The van der Waals surface area contributed by atoms with Crippen molar-refractivity contribution in [1.29, 1.82) is 0 Å². The van der Waals surface area contributed by atoms with Crippen LogP contribution in [0.25, 0.3) is 0 Å². The third-order valence-corrected chi connectivity index (χ3v) is 2.94. The molecule has 0 aliphatic carbocycles. The number of carbonyl (C=O) groups excluding carboxylic acids is 3. The molecule has 23 heavy (non-hydrogen) atoms. The Kier molecular flexibility index (Phi) is 8.81. The minimum absolute atomic E-state index is 0.158. The molecular formula is C13H24N4O6. The molecule has 0 spiro atoms. The minimum atomic E-state index is -1.28. The standard InChI is InChI=1S/C13H24N4O6/c1-6(2)10(14)12(22)17-11(7(3)18)13(23)16-4-8(19)15-5-9(20)21/h6-7,10-11,18H,4-5,14H2,1-3H3,(H,15,19)(H,16,23)(H,17,22)(H,20,21). The molecule has 3 unspecified atom stereocenters. The zero-order chi connectivity index (χ0) is 18.2. The molecule has 0 aliphatic heterocycles. The lowest BCUT2D eigenvalue weighted by Crippen LogP contribution is -2.57. The fourth-order valence-corrected chi connectivity index (χ4v) is 1.47. The number of nitrogens with two attached hydrogens (primary N) is 1. The largest absolute Gasteiger partial charge is 0.480 e. The van der Waals surface area contributed by atoms with E-state index in [1.165, 1.54) is 6.92 Å². The molecule has 0 heterocycles. The van der Waals surface area contributed by atoms with Gasteiger partial charge in [0.25, 0.3) is 0 Å². The van der Waals surface area contributed by atoms with Gasteiger partial charge < -0.3 is 31.9 Å². The van der Waals surface area contributed by atoms with Crippen LogP contribution in [0, 0.1) is 5.92 Å². The average Bonchev–Trinajstić information content (AvgIpc) is 2.46. The van der Waals surface area contributed by atoms with E-state index in [1.807, 2.05) is 0 Å². The van der Waals surface area contributed by atoms with Crippen LogP contribution in [-0.2, 0) is 19.2 Å². The quantitative estimate of drug-likeness (QED) is 0.264. The van der Waals surface area contributed by atoms with Crippen molar-refractivity contribution in [2.45, 2.75) is 39.0 Å². The van der Waals surface area contributed by atoms with Gasteiger partial charge in [0.15, 0.2) is 0 Å². The van der Waals surface area contributed by atoms with E-state index < -0.39 is 55.0 Å². The number of rotatable bonds is 9. The summed E-state index contributed by atoms with van der Waals surface area (Å²) in [6, 6.07) is -2.12. The van der Waals surface area contributed by atoms with Crippen molar-refractivity contribution in [1.82, 2.24) is 16.0 Å². The molecule has 3 amide bonds. The molecule has 0 saturated carbocycles. The van der Waals surface area contributed by atoms with Crippen molar-refractivity contribution in [3.05, 3.63) is 0 Å². The number of carboxylic acid groups (broad SMARTS) is 1. The van der Waals surface area contributed by atoms with Gasteiger partial charge in [-0.3, -0.25) is 19.2 Å². The zero-order valence-corrected chi connectivity index (χ0v) is 13.3. The van der Waals surface area contributed by atoms with Gasteiger partial charge in [0.2, 0.25) is 17.7 Å². The number of aliphatic hydroxyl groups excluding tert-OH is 1. The molecule has 10 nitrogen and oxygen atoms in total. The van der Waals surface area contributed by atoms with Crippen molar-refractivity contribution in [3.8, 4) is 0 Å². The van der Waals surface area contributed by atoms with E-state index in [0.29, 0.717) is 0 Å². The molecule has 3 atom stereocenters. The molecule has 7 N–H and O–H groups in total. The summed E-state index contributed by atoms with van der Waals surface area (Å²) in [6.07, 6.45) is -1.21. The Morgan fingerprint density at radius 3 is 2.00 bits per heavy atom. The maximum absolute atomic E-state index is 11.9. The van der Waals surface area contributed by atoms with E-state index in [9.17, 15) is 24.3 Å². The topological polar surface area (TPSA) is 171 Å². The first-order valence-electron chi connectivity index (χ1n) is 7.06. The lowest BCUT2D eigenvalue weighted by Gasteiger charge is -2.23. The summed E-state index contributed by atoms with van der Waals surface area (Å²) in [7, 11) is 0. The Morgan fingerprint density at radius 1 is 1.00 bits per heavy atom. The molecule has 0 fully saturated rings. The van der Waals surface area contributed by atoms with Crippen LogP contribution in [0.4, 0.5) is 0 Å². The van der Waals surface area contributed by atoms with Crippen LogP contribution in [0.1, 0.15) is 20.8 Å². The second-order valence-corrected chi connectivity index (χ2v) is 5.38. The smallest absolute Gasteiger partial charge is 0.322 e. The number of hydrogen-bond acceptors (Lipinski definition) is 6. The third-order valence-electron chi connectivity index (χ3n) is 2.94. The Balaban J connectivity index is 4.55. The van der Waals surface area contributed by atoms with Gasteiger partial charge in [-0.2, -0.15) is 0 Å².